The van der Waals surface area contributed by atoms with Crippen LogP contribution in [0, 0.1) is 6.92 Å². The molecule has 1 atom stereocenters. The van der Waals surface area contributed by atoms with E-state index in [1.165, 1.54) is 0 Å². The molecule has 1 aromatic carbocycles. The third kappa shape index (κ3) is 4.54. The van der Waals surface area contributed by atoms with E-state index in [0.717, 1.165) is 5.56 Å². The van der Waals surface area contributed by atoms with E-state index in [1.54, 1.807) is 23.1 Å². The Hall–Kier alpha value is -1.89. The fourth-order valence-electron chi connectivity index (χ4n) is 2.81. The predicted molar refractivity (Wildman–Crippen MR) is 88.0 cm³/mol. The van der Waals surface area contributed by atoms with Crippen LogP contribution in [0.15, 0.2) is 24.3 Å². The molecule has 23 heavy (non-hydrogen) atoms. The quantitative estimate of drug-likeness (QED) is 0.859. The lowest BCUT2D eigenvalue weighted by atomic mass is 10.1. The van der Waals surface area contributed by atoms with E-state index in [4.69, 9.17) is 0 Å². The Labute approximate surface area is 136 Å². The standard InChI is InChI=1S/C16H22N2O4S/c1-3-18(14-7-8-23(21,22)11-14)15(19)10-17-16(20)13-6-4-5-12(2)9-13/h4-6,9,14H,3,7-8,10-11H2,1-2H3,(H,17,20). The highest BCUT2D eigenvalue weighted by molar-refractivity contribution is 7.91. The van der Waals surface area contributed by atoms with Gasteiger partial charge in [0, 0.05) is 18.2 Å². The van der Waals surface area contributed by atoms with Gasteiger partial charge in [-0.05, 0) is 32.4 Å². The van der Waals surface area contributed by atoms with Crippen molar-refractivity contribution in [3.63, 3.8) is 0 Å². The summed E-state index contributed by atoms with van der Waals surface area (Å²) in [6, 6.07) is 6.83. The number of carbonyl (C=O) groups is 2. The molecule has 1 fully saturated rings. The van der Waals surface area contributed by atoms with Crippen LogP contribution < -0.4 is 5.32 Å². The number of hydrogen-bond donors (Lipinski definition) is 1. The number of amides is 2. The molecule has 1 N–H and O–H groups in total. The normalized spacial score (nSPS) is 19.3. The summed E-state index contributed by atoms with van der Waals surface area (Å²) in [5.74, 6) is -0.428. The first kappa shape index (κ1) is 17.5. The van der Waals surface area contributed by atoms with Gasteiger partial charge in [0.2, 0.25) is 5.91 Å². The van der Waals surface area contributed by atoms with Crippen molar-refractivity contribution in [1.82, 2.24) is 10.2 Å². The molecule has 6 nitrogen and oxygen atoms in total. The van der Waals surface area contributed by atoms with E-state index in [2.05, 4.69) is 5.32 Å². The summed E-state index contributed by atoms with van der Waals surface area (Å²) in [7, 11) is -3.04. The van der Waals surface area contributed by atoms with Crippen LogP contribution in [-0.4, -0.2) is 55.8 Å². The Morgan fingerprint density at radius 2 is 2.09 bits per heavy atom. The highest BCUT2D eigenvalue weighted by Crippen LogP contribution is 2.17. The molecule has 0 bridgehead atoms. The second kappa shape index (κ2) is 7.12. The molecule has 0 spiro atoms. The van der Waals surface area contributed by atoms with Gasteiger partial charge in [0.25, 0.3) is 5.91 Å². The average molecular weight is 338 g/mol. The Bertz CT molecular complexity index is 700. The Morgan fingerprint density at radius 3 is 2.65 bits per heavy atom. The summed E-state index contributed by atoms with van der Waals surface area (Å²) in [5, 5.41) is 2.61. The molecule has 0 radical (unpaired) electrons. The average Bonchev–Trinajstić information content (AvgIpc) is 2.85. The number of sulfone groups is 1. The molecule has 1 unspecified atom stereocenters. The molecule has 1 aromatic rings. The zero-order valence-electron chi connectivity index (χ0n) is 13.4. The van der Waals surface area contributed by atoms with Gasteiger partial charge >= 0.3 is 0 Å². The van der Waals surface area contributed by atoms with E-state index >= 15 is 0 Å². The van der Waals surface area contributed by atoms with Gasteiger partial charge in [-0.1, -0.05) is 17.7 Å². The maximum absolute atomic E-state index is 12.3. The third-order valence-electron chi connectivity index (χ3n) is 3.99. The van der Waals surface area contributed by atoms with Crippen molar-refractivity contribution >= 4 is 21.7 Å². The maximum atomic E-state index is 12.3. The molecule has 0 aliphatic carbocycles. The number of aryl methyl sites for hydroxylation is 1. The van der Waals surface area contributed by atoms with E-state index in [9.17, 15) is 18.0 Å². The van der Waals surface area contributed by atoms with Crippen molar-refractivity contribution in [3.05, 3.63) is 35.4 Å². The molecule has 2 rings (SSSR count). The molecule has 7 heteroatoms. The van der Waals surface area contributed by atoms with Crippen LogP contribution in [0.4, 0.5) is 0 Å². The first-order chi connectivity index (χ1) is 10.8. The highest BCUT2D eigenvalue weighted by Gasteiger charge is 2.33. The minimum Gasteiger partial charge on any atom is -0.343 e. The van der Waals surface area contributed by atoms with Crippen LogP contribution in [0.2, 0.25) is 0 Å². The number of hydrogen-bond acceptors (Lipinski definition) is 4. The molecule has 0 saturated carbocycles. The third-order valence-corrected chi connectivity index (χ3v) is 5.74. The molecule has 126 valence electrons. The topological polar surface area (TPSA) is 83.6 Å². The van der Waals surface area contributed by atoms with Crippen molar-refractivity contribution in [2.45, 2.75) is 26.3 Å². The summed E-state index contributed by atoms with van der Waals surface area (Å²) in [4.78, 5) is 25.9. The molecular weight excluding hydrogens is 316 g/mol. The fourth-order valence-corrected chi connectivity index (χ4v) is 4.54. The van der Waals surface area contributed by atoms with Crippen LogP contribution >= 0.6 is 0 Å². The lowest BCUT2D eigenvalue weighted by molar-refractivity contribution is -0.131. The van der Waals surface area contributed by atoms with Crippen LogP contribution in [0.1, 0.15) is 29.3 Å². The Morgan fingerprint density at radius 1 is 1.35 bits per heavy atom. The van der Waals surface area contributed by atoms with E-state index in [-0.39, 0.29) is 35.9 Å². The predicted octanol–water partition coefficient (Wildman–Crippen LogP) is 0.760. The van der Waals surface area contributed by atoms with Crippen LogP contribution in [0.5, 0.6) is 0 Å². The fraction of sp³-hybridized carbons (Fsp3) is 0.500. The van der Waals surface area contributed by atoms with Gasteiger partial charge in [0.15, 0.2) is 9.84 Å². The van der Waals surface area contributed by atoms with E-state index in [0.29, 0.717) is 18.5 Å². The second-order valence-electron chi connectivity index (χ2n) is 5.79. The Kier molecular flexibility index (Phi) is 5.41. The largest absolute Gasteiger partial charge is 0.343 e. The number of rotatable bonds is 5. The number of likely N-dealkylation sites (N-methyl/N-ethyl adjacent to an activating group) is 1. The molecule has 1 heterocycles. The van der Waals surface area contributed by atoms with E-state index < -0.39 is 9.84 Å². The lowest BCUT2D eigenvalue weighted by Gasteiger charge is -2.27. The second-order valence-corrected chi connectivity index (χ2v) is 8.02. The van der Waals surface area contributed by atoms with Crippen LogP contribution in [-0.2, 0) is 14.6 Å². The van der Waals surface area contributed by atoms with Gasteiger partial charge < -0.3 is 10.2 Å². The summed E-state index contributed by atoms with van der Waals surface area (Å²) in [6.07, 6.45) is 0.466. The van der Waals surface area contributed by atoms with Crippen molar-refractivity contribution in [2.24, 2.45) is 0 Å². The van der Waals surface area contributed by atoms with Gasteiger partial charge in [-0.3, -0.25) is 9.59 Å². The maximum Gasteiger partial charge on any atom is 0.251 e. The summed E-state index contributed by atoms with van der Waals surface area (Å²) in [5.41, 5.74) is 1.47. The minimum atomic E-state index is -3.04. The first-order valence-corrected chi connectivity index (χ1v) is 9.49. The smallest absolute Gasteiger partial charge is 0.251 e. The zero-order valence-corrected chi connectivity index (χ0v) is 14.2. The van der Waals surface area contributed by atoms with E-state index in [1.807, 2.05) is 19.9 Å². The molecule has 1 saturated heterocycles. The van der Waals surface area contributed by atoms with Gasteiger partial charge in [-0.25, -0.2) is 8.42 Å². The number of benzene rings is 1. The summed E-state index contributed by atoms with van der Waals surface area (Å²) >= 11 is 0. The molecule has 2 amide bonds. The SMILES string of the molecule is CCN(C(=O)CNC(=O)c1cccc(C)c1)C1CCS(=O)(=O)C1. The number of carbonyl (C=O) groups excluding carboxylic acids is 2. The molecular formula is C16H22N2O4S. The molecule has 1 aliphatic rings. The van der Waals surface area contributed by atoms with Crippen molar-refractivity contribution in [2.75, 3.05) is 24.6 Å². The monoisotopic (exact) mass is 338 g/mol. The molecule has 0 aromatic heterocycles. The van der Waals surface area contributed by atoms with Gasteiger partial charge in [0.05, 0.1) is 18.1 Å². The highest BCUT2D eigenvalue weighted by atomic mass is 32.2. The van der Waals surface area contributed by atoms with Crippen LogP contribution in [0.3, 0.4) is 0 Å². The van der Waals surface area contributed by atoms with Gasteiger partial charge in [-0.2, -0.15) is 0 Å². The van der Waals surface area contributed by atoms with Crippen molar-refractivity contribution in [3.8, 4) is 0 Å². The number of nitrogens with one attached hydrogen (secondary N) is 1. The Balaban J connectivity index is 1.94. The van der Waals surface area contributed by atoms with Crippen molar-refractivity contribution in [1.29, 1.82) is 0 Å². The van der Waals surface area contributed by atoms with Crippen molar-refractivity contribution < 1.29 is 18.0 Å². The molecule has 1 aliphatic heterocycles. The van der Waals surface area contributed by atoms with Crippen LogP contribution in [0.25, 0.3) is 0 Å². The zero-order chi connectivity index (χ0) is 17.0. The van der Waals surface area contributed by atoms with Gasteiger partial charge in [0.1, 0.15) is 0 Å². The summed E-state index contributed by atoms with van der Waals surface area (Å²) < 4.78 is 23.1. The minimum absolute atomic E-state index is 0.0123. The lowest BCUT2D eigenvalue weighted by Crippen LogP contribution is -2.46. The van der Waals surface area contributed by atoms with Gasteiger partial charge in [-0.15, -0.1) is 0 Å². The number of nitrogens with zero attached hydrogens (tertiary/aromatic N) is 1. The summed E-state index contributed by atoms with van der Waals surface area (Å²) in [6.45, 7) is 4.00. The first-order valence-electron chi connectivity index (χ1n) is 7.67.